The first kappa shape index (κ1) is 21.2. The molecule has 0 unspecified atom stereocenters. The lowest BCUT2D eigenvalue weighted by atomic mass is 10.0. The van der Waals surface area contributed by atoms with Gasteiger partial charge in [-0.2, -0.15) is 0 Å². The average molecular weight is 425 g/mol. The number of methoxy groups -OCH3 is 1. The van der Waals surface area contributed by atoms with Crippen LogP contribution >= 0.6 is 0 Å². The number of ether oxygens (including phenoxy) is 2. The summed E-state index contributed by atoms with van der Waals surface area (Å²) >= 11 is 0. The molecule has 32 heavy (non-hydrogen) atoms. The summed E-state index contributed by atoms with van der Waals surface area (Å²) in [5.41, 5.74) is 4.02. The van der Waals surface area contributed by atoms with Crippen molar-refractivity contribution in [1.82, 2.24) is 4.98 Å². The van der Waals surface area contributed by atoms with Crippen LogP contribution in [0.4, 0.5) is 0 Å². The number of esters is 1. The van der Waals surface area contributed by atoms with Gasteiger partial charge in [-0.25, -0.2) is 9.78 Å². The number of hydrogen-bond acceptors (Lipinski definition) is 5. The van der Waals surface area contributed by atoms with Crippen molar-refractivity contribution < 1.29 is 19.1 Å². The number of rotatable bonds is 6. The molecule has 0 aliphatic heterocycles. The Morgan fingerprint density at radius 1 is 0.906 bits per heavy atom. The summed E-state index contributed by atoms with van der Waals surface area (Å²) in [5, 5.41) is 0.687. The second kappa shape index (κ2) is 9.02. The third-order valence-electron chi connectivity index (χ3n) is 5.36. The molecular formula is C27H23NO4. The number of carbonyl (C=O) groups excluding carboxylic acids is 2. The van der Waals surface area contributed by atoms with E-state index < -0.39 is 12.1 Å². The van der Waals surface area contributed by atoms with E-state index in [-0.39, 0.29) is 5.78 Å². The van der Waals surface area contributed by atoms with Crippen LogP contribution < -0.4 is 4.74 Å². The molecule has 0 bridgehead atoms. The lowest BCUT2D eigenvalue weighted by molar-refractivity contribution is 0.0320. The van der Waals surface area contributed by atoms with Gasteiger partial charge in [0.2, 0.25) is 5.78 Å². The van der Waals surface area contributed by atoms with Crippen molar-refractivity contribution in [2.75, 3.05) is 7.11 Å². The number of aromatic nitrogens is 1. The first-order chi connectivity index (χ1) is 15.5. The highest BCUT2D eigenvalue weighted by Crippen LogP contribution is 2.28. The van der Waals surface area contributed by atoms with Gasteiger partial charge in [0, 0.05) is 16.5 Å². The summed E-state index contributed by atoms with van der Waals surface area (Å²) in [6.07, 6.45) is -0.914. The van der Waals surface area contributed by atoms with Crippen LogP contribution in [0.5, 0.6) is 5.75 Å². The molecule has 0 amide bonds. The van der Waals surface area contributed by atoms with Gasteiger partial charge in [-0.15, -0.1) is 0 Å². The van der Waals surface area contributed by atoms with Crippen LogP contribution in [0.2, 0.25) is 0 Å². The largest absolute Gasteiger partial charge is 0.497 e. The van der Waals surface area contributed by atoms with Gasteiger partial charge < -0.3 is 9.47 Å². The van der Waals surface area contributed by atoms with Crippen molar-refractivity contribution in [2.45, 2.75) is 20.0 Å². The van der Waals surface area contributed by atoms with E-state index in [1.54, 1.807) is 44.4 Å². The number of fused-ring (bicyclic) bond motifs is 1. The lowest BCUT2D eigenvalue weighted by Gasteiger charge is -2.15. The van der Waals surface area contributed by atoms with Crippen LogP contribution in [0.25, 0.3) is 22.2 Å². The summed E-state index contributed by atoms with van der Waals surface area (Å²) in [6.45, 7) is 3.54. The molecule has 0 radical (unpaired) electrons. The summed E-state index contributed by atoms with van der Waals surface area (Å²) < 4.78 is 10.8. The SMILES string of the molecule is COc1ccc(-c2cc(C(=O)O[C@@H](C)C(=O)c3ccccc3)c3cccc(C)c3n2)cc1. The molecule has 0 spiro atoms. The molecule has 0 aliphatic carbocycles. The maximum absolute atomic E-state index is 13.2. The highest BCUT2D eigenvalue weighted by molar-refractivity contribution is 6.07. The van der Waals surface area contributed by atoms with E-state index >= 15 is 0 Å². The maximum atomic E-state index is 13.2. The van der Waals surface area contributed by atoms with Crippen molar-refractivity contribution in [3.05, 3.63) is 95.6 Å². The Bertz CT molecular complexity index is 1280. The third kappa shape index (κ3) is 4.23. The van der Waals surface area contributed by atoms with Gasteiger partial charge in [0.25, 0.3) is 0 Å². The second-order valence-electron chi connectivity index (χ2n) is 7.53. The number of benzene rings is 3. The molecule has 0 N–H and O–H groups in total. The normalized spacial score (nSPS) is 11.7. The zero-order valence-electron chi connectivity index (χ0n) is 18.2. The molecule has 0 saturated heterocycles. The predicted molar refractivity (Wildman–Crippen MR) is 124 cm³/mol. The number of aryl methyl sites for hydroxylation is 1. The molecule has 4 aromatic rings. The Labute approximate surface area is 186 Å². The zero-order valence-corrected chi connectivity index (χ0v) is 18.2. The number of carbonyl (C=O) groups is 2. The fraction of sp³-hybridized carbons (Fsp3) is 0.148. The van der Waals surface area contributed by atoms with E-state index in [9.17, 15) is 9.59 Å². The minimum atomic E-state index is -0.914. The molecule has 3 aromatic carbocycles. The number of hydrogen-bond donors (Lipinski definition) is 0. The van der Waals surface area contributed by atoms with Crippen LogP contribution in [0.1, 0.15) is 33.2 Å². The van der Waals surface area contributed by atoms with Crippen molar-refractivity contribution in [3.63, 3.8) is 0 Å². The quantitative estimate of drug-likeness (QED) is 0.295. The van der Waals surface area contributed by atoms with E-state index in [1.165, 1.54) is 0 Å². The predicted octanol–water partition coefficient (Wildman–Crippen LogP) is 5.65. The Hall–Kier alpha value is -3.99. The van der Waals surface area contributed by atoms with E-state index in [4.69, 9.17) is 14.5 Å². The van der Waals surface area contributed by atoms with Gasteiger partial charge in [-0.05, 0) is 49.7 Å². The van der Waals surface area contributed by atoms with E-state index in [2.05, 4.69) is 0 Å². The standard InChI is InChI=1S/C27H23NO4/c1-17-8-7-11-22-23(27(30)32-18(2)26(29)20-9-5-4-6-10-20)16-24(28-25(17)22)19-12-14-21(31-3)15-13-19/h4-16,18H,1-3H3/t18-/m0/s1. The van der Waals surface area contributed by atoms with E-state index in [0.717, 1.165) is 22.4 Å². The topological polar surface area (TPSA) is 65.5 Å². The molecule has 0 fully saturated rings. The lowest BCUT2D eigenvalue weighted by Crippen LogP contribution is -2.24. The van der Waals surface area contributed by atoms with Crippen LogP contribution in [0, 0.1) is 6.92 Å². The fourth-order valence-electron chi connectivity index (χ4n) is 3.59. The minimum absolute atomic E-state index is 0.246. The summed E-state index contributed by atoms with van der Waals surface area (Å²) in [5.74, 6) is -0.0722. The van der Waals surface area contributed by atoms with Crippen LogP contribution in [0.15, 0.2) is 78.9 Å². The molecule has 5 heteroatoms. The molecule has 1 heterocycles. The number of pyridine rings is 1. The molecule has 4 rings (SSSR count). The Kier molecular flexibility index (Phi) is 5.99. The molecule has 0 aliphatic rings. The van der Waals surface area contributed by atoms with Crippen LogP contribution in [-0.4, -0.2) is 30.0 Å². The van der Waals surface area contributed by atoms with Gasteiger partial charge in [-0.3, -0.25) is 4.79 Å². The monoisotopic (exact) mass is 425 g/mol. The van der Waals surface area contributed by atoms with E-state index in [1.807, 2.05) is 55.5 Å². The van der Waals surface area contributed by atoms with Crippen LogP contribution in [-0.2, 0) is 4.74 Å². The van der Waals surface area contributed by atoms with Crippen molar-refractivity contribution >= 4 is 22.7 Å². The summed E-state index contributed by atoms with van der Waals surface area (Å²) in [6, 6.07) is 23.7. The van der Waals surface area contributed by atoms with E-state index in [0.29, 0.717) is 22.2 Å². The summed E-state index contributed by atoms with van der Waals surface area (Å²) in [7, 11) is 1.61. The van der Waals surface area contributed by atoms with Crippen molar-refractivity contribution in [3.8, 4) is 17.0 Å². The third-order valence-corrected chi connectivity index (χ3v) is 5.36. The number of para-hydroxylation sites is 1. The van der Waals surface area contributed by atoms with Crippen molar-refractivity contribution in [1.29, 1.82) is 0 Å². The Morgan fingerprint density at radius 3 is 2.31 bits per heavy atom. The van der Waals surface area contributed by atoms with Gasteiger partial charge in [0.15, 0.2) is 6.10 Å². The minimum Gasteiger partial charge on any atom is -0.497 e. The first-order valence-corrected chi connectivity index (χ1v) is 10.3. The fourth-order valence-corrected chi connectivity index (χ4v) is 3.59. The zero-order chi connectivity index (χ0) is 22.7. The number of Topliss-reactive ketones (excluding diaryl/α,β-unsaturated/α-hetero) is 1. The molecule has 0 saturated carbocycles. The average Bonchev–Trinajstić information content (AvgIpc) is 2.83. The second-order valence-corrected chi connectivity index (χ2v) is 7.53. The van der Waals surface area contributed by atoms with Crippen molar-refractivity contribution in [2.24, 2.45) is 0 Å². The van der Waals surface area contributed by atoms with Crippen LogP contribution in [0.3, 0.4) is 0 Å². The first-order valence-electron chi connectivity index (χ1n) is 10.3. The molecular weight excluding hydrogens is 402 g/mol. The van der Waals surface area contributed by atoms with Gasteiger partial charge in [0.05, 0.1) is 23.9 Å². The molecule has 1 atom stereocenters. The highest BCUT2D eigenvalue weighted by atomic mass is 16.5. The van der Waals surface area contributed by atoms with Gasteiger partial charge in [-0.1, -0.05) is 48.5 Å². The Balaban J connectivity index is 1.72. The number of ketones is 1. The van der Waals surface area contributed by atoms with Gasteiger partial charge >= 0.3 is 5.97 Å². The smallest absolute Gasteiger partial charge is 0.339 e. The molecule has 160 valence electrons. The summed E-state index contributed by atoms with van der Waals surface area (Å²) in [4.78, 5) is 30.6. The maximum Gasteiger partial charge on any atom is 0.339 e. The van der Waals surface area contributed by atoms with Gasteiger partial charge in [0.1, 0.15) is 5.75 Å². The highest BCUT2D eigenvalue weighted by Gasteiger charge is 2.23. The molecule has 1 aromatic heterocycles. The molecule has 5 nitrogen and oxygen atoms in total. The Morgan fingerprint density at radius 2 is 1.62 bits per heavy atom. The number of nitrogens with zero attached hydrogens (tertiary/aromatic N) is 1.